The van der Waals surface area contributed by atoms with Gasteiger partial charge in [-0.2, -0.15) is 0 Å². The summed E-state index contributed by atoms with van der Waals surface area (Å²) in [6, 6.07) is 24.3. The summed E-state index contributed by atoms with van der Waals surface area (Å²) >= 11 is 0. The van der Waals surface area contributed by atoms with E-state index in [0.717, 1.165) is 22.3 Å². The molecule has 6 nitrogen and oxygen atoms in total. The monoisotopic (exact) mass is 514 g/mol. The van der Waals surface area contributed by atoms with Gasteiger partial charge in [0.1, 0.15) is 0 Å². The van der Waals surface area contributed by atoms with Crippen molar-refractivity contribution in [3.05, 3.63) is 107 Å². The Hall–Kier alpha value is -3.48. The number of hydrogen-bond donors (Lipinski definition) is 4. The first kappa shape index (κ1) is 27.6. The molecule has 4 atom stereocenters. The predicted octanol–water partition coefficient (Wildman–Crippen LogP) is 4.14. The van der Waals surface area contributed by atoms with Crippen molar-refractivity contribution in [2.75, 3.05) is 0 Å². The fourth-order valence-electron chi connectivity index (χ4n) is 5.19. The Balaban J connectivity index is 1.50. The van der Waals surface area contributed by atoms with Crippen LogP contribution in [0, 0.1) is 5.92 Å². The van der Waals surface area contributed by atoms with E-state index in [0.29, 0.717) is 18.4 Å². The summed E-state index contributed by atoms with van der Waals surface area (Å²) in [5.74, 6) is -0.900. The van der Waals surface area contributed by atoms with Crippen LogP contribution in [0.25, 0.3) is 0 Å². The van der Waals surface area contributed by atoms with Crippen molar-refractivity contribution in [1.82, 2.24) is 10.6 Å². The molecule has 0 fully saturated rings. The maximum absolute atomic E-state index is 13.6. The van der Waals surface area contributed by atoms with Crippen molar-refractivity contribution >= 4 is 11.8 Å². The van der Waals surface area contributed by atoms with Gasteiger partial charge in [-0.15, -0.1) is 0 Å². The topological polar surface area (TPSA) is 98.7 Å². The highest BCUT2D eigenvalue weighted by Gasteiger charge is 2.34. The molecule has 1 aliphatic rings. The van der Waals surface area contributed by atoms with Crippen LogP contribution in [-0.4, -0.2) is 39.8 Å². The normalized spacial score (nSPS) is 18.3. The molecule has 0 bridgehead atoms. The second-order valence-electron chi connectivity index (χ2n) is 11.3. The van der Waals surface area contributed by atoms with Crippen molar-refractivity contribution in [3.63, 3.8) is 0 Å². The maximum atomic E-state index is 13.6. The second kappa shape index (κ2) is 11.9. The molecule has 2 amide bonds. The van der Waals surface area contributed by atoms with E-state index in [1.807, 2.05) is 93.6 Å². The van der Waals surface area contributed by atoms with Crippen LogP contribution < -0.4 is 10.6 Å². The summed E-state index contributed by atoms with van der Waals surface area (Å²) in [6.07, 6.45) is -0.0895. The van der Waals surface area contributed by atoms with E-state index in [2.05, 4.69) is 10.6 Å². The Bertz CT molecular complexity index is 1250. The highest BCUT2D eigenvalue weighted by molar-refractivity contribution is 5.96. The number of benzene rings is 3. The lowest BCUT2D eigenvalue weighted by molar-refractivity contribution is -0.127. The van der Waals surface area contributed by atoms with Gasteiger partial charge in [-0.3, -0.25) is 9.59 Å². The van der Waals surface area contributed by atoms with Gasteiger partial charge >= 0.3 is 0 Å². The molecule has 200 valence electrons. The highest BCUT2D eigenvalue weighted by atomic mass is 16.3. The summed E-state index contributed by atoms with van der Waals surface area (Å²) in [7, 11) is 0. The second-order valence-corrected chi connectivity index (χ2v) is 11.3. The Morgan fingerprint density at radius 1 is 0.921 bits per heavy atom. The standard InChI is InChI=1S/C32H38N2O4/c1-32(2,3)34-31(38)27-16-10-8-13-22(27)18-25(35)19-24(17-21-11-5-4-6-12-21)30(37)33-29-26-15-9-7-14-23(26)20-28(29)36/h4-16,24-25,28-29,35-36H,17-20H2,1-3H3,(H,33,37)(H,34,38)/t24-,25+,28+,29-/m0/s1. The Labute approximate surface area is 225 Å². The molecule has 0 unspecified atom stereocenters. The number of nitrogens with one attached hydrogen (secondary N) is 2. The smallest absolute Gasteiger partial charge is 0.251 e. The molecule has 1 aliphatic carbocycles. The fraction of sp³-hybridized carbons (Fsp3) is 0.375. The van der Waals surface area contributed by atoms with Gasteiger partial charge in [-0.05, 0) is 68.4 Å². The molecule has 0 heterocycles. The number of carbonyl (C=O) groups excluding carboxylic acids is 2. The zero-order valence-corrected chi connectivity index (χ0v) is 22.4. The molecule has 3 aromatic rings. The molecule has 4 rings (SSSR count). The van der Waals surface area contributed by atoms with E-state index in [4.69, 9.17) is 0 Å². The molecule has 4 N–H and O–H groups in total. The molecule has 6 heteroatoms. The van der Waals surface area contributed by atoms with Gasteiger partial charge in [0, 0.05) is 23.4 Å². The molecule has 0 saturated carbocycles. The third-order valence-electron chi connectivity index (χ3n) is 6.96. The summed E-state index contributed by atoms with van der Waals surface area (Å²) in [4.78, 5) is 26.5. The van der Waals surface area contributed by atoms with Crippen molar-refractivity contribution < 1.29 is 19.8 Å². The van der Waals surface area contributed by atoms with Crippen LogP contribution in [0.1, 0.15) is 65.8 Å². The van der Waals surface area contributed by atoms with E-state index in [9.17, 15) is 19.8 Å². The first-order valence-corrected chi connectivity index (χ1v) is 13.3. The fourth-order valence-corrected chi connectivity index (χ4v) is 5.19. The molecule has 0 radical (unpaired) electrons. The van der Waals surface area contributed by atoms with Crippen LogP contribution in [0.5, 0.6) is 0 Å². The van der Waals surface area contributed by atoms with Crippen LogP contribution >= 0.6 is 0 Å². The SMILES string of the molecule is CC(C)(C)NC(=O)c1ccccc1C[C@@H](O)C[C@H](Cc1ccccc1)C(=O)N[C@H]1c2ccccc2C[C@H]1O. The van der Waals surface area contributed by atoms with Crippen molar-refractivity contribution in [2.24, 2.45) is 5.92 Å². The third kappa shape index (κ3) is 7.09. The molecule has 3 aromatic carbocycles. The van der Waals surface area contributed by atoms with Gasteiger partial charge in [0.2, 0.25) is 5.91 Å². The van der Waals surface area contributed by atoms with Crippen molar-refractivity contribution in [1.29, 1.82) is 0 Å². The number of amides is 2. The molecule has 38 heavy (non-hydrogen) atoms. The first-order chi connectivity index (χ1) is 18.1. The van der Waals surface area contributed by atoms with Crippen LogP contribution in [0.15, 0.2) is 78.9 Å². The van der Waals surface area contributed by atoms with E-state index >= 15 is 0 Å². The van der Waals surface area contributed by atoms with Gasteiger partial charge in [-0.25, -0.2) is 0 Å². The lowest BCUT2D eigenvalue weighted by Crippen LogP contribution is -2.41. The average molecular weight is 515 g/mol. The summed E-state index contributed by atoms with van der Waals surface area (Å²) < 4.78 is 0. The summed E-state index contributed by atoms with van der Waals surface area (Å²) in [5, 5.41) is 27.9. The number of carbonyl (C=O) groups is 2. The maximum Gasteiger partial charge on any atom is 0.251 e. The minimum absolute atomic E-state index is 0.187. The highest BCUT2D eigenvalue weighted by Crippen LogP contribution is 2.32. The van der Waals surface area contributed by atoms with Crippen molar-refractivity contribution in [3.8, 4) is 0 Å². The average Bonchev–Trinajstić information content (AvgIpc) is 3.18. The van der Waals surface area contributed by atoms with Crippen molar-refractivity contribution in [2.45, 2.75) is 70.2 Å². The molecule has 0 saturated heterocycles. The van der Waals surface area contributed by atoms with Crippen LogP contribution in [0.4, 0.5) is 0 Å². The summed E-state index contributed by atoms with van der Waals surface area (Å²) in [6.45, 7) is 5.78. The van der Waals surface area contributed by atoms with E-state index in [-0.39, 0.29) is 30.2 Å². The van der Waals surface area contributed by atoms with Crippen LogP contribution in [-0.2, 0) is 24.1 Å². The first-order valence-electron chi connectivity index (χ1n) is 13.3. The molecule has 0 aliphatic heterocycles. The lowest BCUT2D eigenvalue weighted by Gasteiger charge is -2.25. The summed E-state index contributed by atoms with van der Waals surface area (Å²) in [5.41, 5.74) is 3.85. The Morgan fingerprint density at radius 3 is 2.32 bits per heavy atom. The minimum Gasteiger partial charge on any atom is -0.393 e. The zero-order valence-electron chi connectivity index (χ0n) is 22.4. The number of fused-ring (bicyclic) bond motifs is 1. The lowest BCUT2D eigenvalue weighted by atomic mass is 9.89. The molecule has 0 spiro atoms. The number of hydrogen-bond acceptors (Lipinski definition) is 4. The van der Waals surface area contributed by atoms with E-state index in [1.165, 1.54) is 0 Å². The zero-order chi connectivity index (χ0) is 27.3. The quantitative estimate of drug-likeness (QED) is 0.345. The predicted molar refractivity (Wildman–Crippen MR) is 149 cm³/mol. The molecular weight excluding hydrogens is 476 g/mol. The van der Waals surface area contributed by atoms with Gasteiger partial charge in [-0.1, -0.05) is 72.8 Å². The third-order valence-corrected chi connectivity index (χ3v) is 6.96. The number of aliphatic hydroxyl groups excluding tert-OH is 2. The molecular formula is C32H38N2O4. The number of aliphatic hydroxyl groups is 2. The number of rotatable bonds is 9. The van der Waals surface area contributed by atoms with Crippen LogP contribution in [0.3, 0.4) is 0 Å². The van der Waals surface area contributed by atoms with Crippen LogP contribution in [0.2, 0.25) is 0 Å². The largest absolute Gasteiger partial charge is 0.393 e. The Morgan fingerprint density at radius 2 is 1.58 bits per heavy atom. The Kier molecular flexibility index (Phi) is 8.65. The van der Waals surface area contributed by atoms with E-state index < -0.39 is 24.2 Å². The van der Waals surface area contributed by atoms with E-state index in [1.54, 1.807) is 6.07 Å². The van der Waals surface area contributed by atoms with Gasteiger partial charge in [0.05, 0.1) is 18.2 Å². The molecule has 0 aromatic heterocycles. The van der Waals surface area contributed by atoms with Gasteiger partial charge < -0.3 is 20.8 Å². The van der Waals surface area contributed by atoms with Gasteiger partial charge in [0.15, 0.2) is 0 Å². The minimum atomic E-state index is -0.834. The van der Waals surface area contributed by atoms with Gasteiger partial charge in [0.25, 0.3) is 5.91 Å².